The van der Waals surface area contributed by atoms with Crippen LogP contribution in [0.3, 0.4) is 0 Å². The van der Waals surface area contributed by atoms with Gasteiger partial charge >= 0.3 is 5.97 Å². The standard InChI is InChI=1S/C15H20BrNO3/c1-2-3-4-5-9-13(15(19)20)17-14(18)11-7-6-8-12(16)10-11/h6-8,10,13H,2-5,9H2,1H3,(H,17,18)(H,19,20)/t13-/m0/s1. The van der Waals surface area contributed by atoms with Gasteiger partial charge in [0, 0.05) is 10.0 Å². The van der Waals surface area contributed by atoms with E-state index >= 15 is 0 Å². The fourth-order valence-electron chi connectivity index (χ4n) is 1.90. The molecule has 0 radical (unpaired) electrons. The molecule has 2 N–H and O–H groups in total. The number of hydrogen-bond acceptors (Lipinski definition) is 2. The zero-order valence-corrected chi connectivity index (χ0v) is 13.1. The molecule has 1 amide bonds. The van der Waals surface area contributed by atoms with Crippen LogP contribution in [0.25, 0.3) is 0 Å². The molecule has 0 heterocycles. The van der Waals surface area contributed by atoms with Crippen molar-refractivity contribution < 1.29 is 14.7 Å². The Morgan fingerprint density at radius 1 is 1.30 bits per heavy atom. The summed E-state index contributed by atoms with van der Waals surface area (Å²) in [6.07, 6.45) is 4.46. The lowest BCUT2D eigenvalue weighted by molar-refractivity contribution is -0.139. The number of unbranched alkanes of at least 4 members (excludes halogenated alkanes) is 3. The molecule has 0 aliphatic heterocycles. The van der Waals surface area contributed by atoms with Gasteiger partial charge in [0.15, 0.2) is 0 Å². The molecule has 1 aromatic carbocycles. The molecule has 20 heavy (non-hydrogen) atoms. The van der Waals surface area contributed by atoms with E-state index in [4.69, 9.17) is 5.11 Å². The molecular weight excluding hydrogens is 322 g/mol. The second kappa shape index (κ2) is 8.74. The maximum absolute atomic E-state index is 12.0. The first-order chi connectivity index (χ1) is 9.54. The van der Waals surface area contributed by atoms with Gasteiger partial charge in [-0.3, -0.25) is 4.79 Å². The Labute approximate surface area is 127 Å². The van der Waals surface area contributed by atoms with Gasteiger partial charge in [0.25, 0.3) is 5.91 Å². The number of nitrogens with one attached hydrogen (secondary N) is 1. The van der Waals surface area contributed by atoms with Gasteiger partial charge < -0.3 is 10.4 Å². The topological polar surface area (TPSA) is 66.4 Å². The van der Waals surface area contributed by atoms with Crippen molar-refractivity contribution in [3.63, 3.8) is 0 Å². The van der Waals surface area contributed by atoms with Gasteiger partial charge in [-0.25, -0.2) is 4.79 Å². The summed E-state index contributed by atoms with van der Waals surface area (Å²) in [5.74, 6) is -1.33. The van der Waals surface area contributed by atoms with E-state index in [0.717, 1.165) is 30.2 Å². The lowest BCUT2D eigenvalue weighted by Gasteiger charge is -2.14. The molecule has 0 spiro atoms. The molecule has 1 rings (SSSR count). The van der Waals surface area contributed by atoms with E-state index in [1.165, 1.54) is 0 Å². The van der Waals surface area contributed by atoms with E-state index in [1.54, 1.807) is 18.2 Å². The van der Waals surface area contributed by atoms with Gasteiger partial charge in [-0.15, -0.1) is 0 Å². The molecule has 0 unspecified atom stereocenters. The number of rotatable bonds is 8. The van der Waals surface area contributed by atoms with Crippen molar-refractivity contribution in [2.24, 2.45) is 0 Å². The van der Waals surface area contributed by atoms with Crippen molar-refractivity contribution in [3.8, 4) is 0 Å². The summed E-state index contributed by atoms with van der Waals surface area (Å²) in [6, 6.07) is 6.08. The van der Waals surface area contributed by atoms with Crippen molar-refractivity contribution in [1.82, 2.24) is 5.32 Å². The highest BCUT2D eigenvalue weighted by Crippen LogP contribution is 2.12. The molecule has 1 aromatic rings. The minimum absolute atomic E-state index is 0.353. The van der Waals surface area contributed by atoms with Crippen LogP contribution >= 0.6 is 15.9 Å². The van der Waals surface area contributed by atoms with Crippen LogP contribution in [0.4, 0.5) is 0 Å². The molecule has 110 valence electrons. The fraction of sp³-hybridized carbons (Fsp3) is 0.467. The third-order valence-corrected chi connectivity index (χ3v) is 3.53. The first-order valence-corrected chi connectivity index (χ1v) is 7.63. The Bertz CT molecular complexity index is 462. The Morgan fingerprint density at radius 2 is 2.05 bits per heavy atom. The highest BCUT2D eigenvalue weighted by Gasteiger charge is 2.20. The van der Waals surface area contributed by atoms with Gasteiger partial charge in [-0.2, -0.15) is 0 Å². The number of carboxylic acids is 1. The normalized spacial score (nSPS) is 11.9. The lowest BCUT2D eigenvalue weighted by atomic mass is 10.1. The average molecular weight is 342 g/mol. The molecule has 1 atom stereocenters. The van der Waals surface area contributed by atoms with Crippen molar-refractivity contribution >= 4 is 27.8 Å². The molecule has 4 nitrogen and oxygen atoms in total. The second-order valence-electron chi connectivity index (χ2n) is 4.72. The average Bonchev–Trinajstić information content (AvgIpc) is 2.41. The summed E-state index contributed by atoms with van der Waals surface area (Å²) in [5.41, 5.74) is 0.458. The van der Waals surface area contributed by atoms with Crippen molar-refractivity contribution in [3.05, 3.63) is 34.3 Å². The SMILES string of the molecule is CCCCCC[C@H](NC(=O)c1cccc(Br)c1)C(=O)O. The van der Waals surface area contributed by atoms with E-state index in [9.17, 15) is 9.59 Å². The number of benzene rings is 1. The smallest absolute Gasteiger partial charge is 0.326 e. The number of carbonyl (C=O) groups is 2. The molecular formula is C15H20BrNO3. The minimum Gasteiger partial charge on any atom is -0.480 e. The zero-order chi connectivity index (χ0) is 15.0. The van der Waals surface area contributed by atoms with E-state index in [-0.39, 0.29) is 5.91 Å². The maximum Gasteiger partial charge on any atom is 0.326 e. The van der Waals surface area contributed by atoms with Crippen LogP contribution in [0, 0.1) is 0 Å². The number of carboxylic acid groups (broad SMARTS) is 1. The Kier molecular flexibility index (Phi) is 7.30. The van der Waals surface area contributed by atoms with E-state index < -0.39 is 12.0 Å². The van der Waals surface area contributed by atoms with Crippen LogP contribution in [-0.4, -0.2) is 23.0 Å². The number of aliphatic carboxylic acids is 1. The molecule has 0 aliphatic carbocycles. The zero-order valence-electron chi connectivity index (χ0n) is 11.6. The highest BCUT2D eigenvalue weighted by atomic mass is 79.9. The summed E-state index contributed by atoms with van der Waals surface area (Å²) >= 11 is 3.29. The second-order valence-corrected chi connectivity index (χ2v) is 5.64. The third-order valence-electron chi connectivity index (χ3n) is 3.04. The number of amides is 1. The Hall–Kier alpha value is -1.36. The Morgan fingerprint density at radius 3 is 2.65 bits per heavy atom. The van der Waals surface area contributed by atoms with Gasteiger partial charge in [0.05, 0.1) is 0 Å². The molecule has 0 saturated heterocycles. The summed E-state index contributed by atoms with van der Waals surface area (Å²) in [4.78, 5) is 23.2. The van der Waals surface area contributed by atoms with Crippen LogP contribution in [-0.2, 0) is 4.79 Å². The largest absolute Gasteiger partial charge is 0.480 e. The molecule has 0 bridgehead atoms. The first-order valence-electron chi connectivity index (χ1n) is 6.83. The molecule has 0 saturated carbocycles. The van der Waals surface area contributed by atoms with Crippen molar-refractivity contribution in [1.29, 1.82) is 0 Å². The van der Waals surface area contributed by atoms with Crippen molar-refractivity contribution in [2.75, 3.05) is 0 Å². The van der Waals surface area contributed by atoms with Crippen LogP contribution in [0.1, 0.15) is 49.4 Å². The number of halogens is 1. The molecule has 5 heteroatoms. The van der Waals surface area contributed by atoms with E-state index in [1.807, 2.05) is 6.07 Å². The van der Waals surface area contributed by atoms with Crippen molar-refractivity contribution in [2.45, 2.75) is 45.1 Å². The van der Waals surface area contributed by atoms with Crippen LogP contribution < -0.4 is 5.32 Å². The highest BCUT2D eigenvalue weighted by molar-refractivity contribution is 9.10. The summed E-state index contributed by atoms with van der Waals surface area (Å²) in [5, 5.41) is 11.7. The Balaban J connectivity index is 2.56. The van der Waals surface area contributed by atoms with Gasteiger partial charge in [-0.05, 0) is 24.6 Å². The van der Waals surface area contributed by atoms with E-state index in [0.29, 0.717) is 12.0 Å². The van der Waals surface area contributed by atoms with Crippen LogP contribution in [0.5, 0.6) is 0 Å². The number of hydrogen-bond donors (Lipinski definition) is 2. The molecule has 0 aliphatic rings. The van der Waals surface area contributed by atoms with Gasteiger partial charge in [0.2, 0.25) is 0 Å². The molecule has 0 aromatic heterocycles. The predicted octanol–water partition coefficient (Wildman–Crippen LogP) is 3.60. The predicted molar refractivity (Wildman–Crippen MR) is 81.8 cm³/mol. The first kappa shape index (κ1) is 16.7. The van der Waals surface area contributed by atoms with Crippen LogP contribution in [0.15, 0.2) is 28.7 Å². The van der Waals surface area contributed by atoms with Gasteiger partial charge in [0.1, 0.15) is 6.04 Å². The lowest BCUT2D eigenvalue weighted by Crippen LogP contribution is -2.40. The minimum atomic E-state index is -0.982. The monoisotopic (exact) mass is 341 g/mol. The summed E-state index contributed by atoms with van der Waals surface area (Å²) in [7, 11) is 0. The summed E-state index contributed by atoms with van der Waals surface area (Å²) < 4.78 is 0.792. The fourth-order valence-corrected chi connectivity index (χ4v) is 2.30. The van der Waals surface area contributed by atoms with Crippen LogP contribution in [0.2, 0.25) is 0 Å². The number of carbonyl (C=O) groups excluding carboxylic acids is 1. The molecule has 0 fully saturated rings. The summed E-state index contributed by atoms with van der Waals surface area (Å²) in [6.45, 7) is 2.10. The van der Waals surface area contributed by atoms with E-state index in [2.05, 4.69) is 28.2 Å². The van der Waals surface area contributed by atoms with Gasteiger partial charge in [-0.1, -0.05) is 54.6 Å². The maximum atomic E-state index is 12.0. The third kappa shape index (κ3) is 5.74. The quantitative estimate of drug-likeness (QED) is 0.710.